The Bertz CT molecular complexity index is 1330. The highest BCUT2D eigenvalue weighted by molar-refractivity contribution is 5.68. The Kier molecular flexibility index (Phi) is 5.36. The molecule has 2 heteroatoms. The van der Waals surface area contributed by atoms with E-state index in [1.54, 1.807) is 0 Å². The van der Waals surface area contributed by atoms with Gasteiger partial charge in [-0.05, 0) is 247 Å². The summed E-state index contributed by atoms with van der Waals surface area (Å²) in [7, 11) is 0. The number of benzene rings is 1. The first-order valence-electron chi connectivity index (χ1n) is 21.9. The van der Waals surface area contributed by atoms with Gasteiger partial charge in [0.05, 0.1) is 0 Å². The van der Waals surface area contributed by atoms with Gasteiger partial charge >= 0.3 is 0 Å². The van der Waals surface area contributed by atoms with Crippen molar-refractivity contribution in [1.29, 1.82) is 0 Å². The van der Waals surface area contributed by atoms with E-state index in [2.05, 4.69) is 0 Å². The summed E-state index contributed by atoms with van der Waals surface area (Å²) in [4.78, 5) is 0. The van der Waals surface area contributed by atoms with Crippen molar-refractivity contribution in [3.8, 4) is 11.5 Å². The lowest BCUT2D eigenvalue weighted by molar-refractivity contribution is -0.0300. The fourth-order valence-electron chi connectivity index (χ4n) is 20.5. The van der Waals surface area contributed by atoms with E-state index in [4.69, 9.17) is 0 Å². The topological polar surface area (TPSA) is 40.5 Å². The van der Waals surface area contributed by atoms with Crippen LogP contribution in [0, 0.1) is 71.0 Å². The number of phenols is 2. The van der Waals surface area contributed by atoms with Crippen molar-refractivity contribution in [1.82, 2.24) is 0 Å². The number of hydrogen-bond donors (Lipinski definition) is 2. The van der Waals surface area contributed by atoms with Crippen LogP contribution in [0.3, 0.4) is 0 Å². The van der Waals surface area contributed by atoms with Gasteiger partial charge in [-0.3, -0.25) is 0 Å². The highest BCUT2D eigenvalue weighted by Gasteiger charge is 2.64. The summed E-state index contributed by atoms with van der Waals surface area (Å²) in [6.45, 7) is 0. The van der Waals surface area contributed by atoms with Crippen LogP contribution in [0.25, 0.3) is 0 Å². The molecule has 0 saturated heterocycles. The maximum absolute atomic E-state index is 13.2. The highest BCUT2D eigenvalue weighted by atomic mass is 16.3. The Morgan fingerprint density at radius 2 is 0.396 bits per heavy atom. The van der Waals surface area contributed by atoms with Crippen LogP contribution in [-0.4, -0.2) is 10.2 Å². The minimum atomic E-state index is 0.117. The van der Waals surface area contributed by atoms with Crippen LogP contribution in [0.15, 0.2) is 0 Å². The van der Waals surface area contributed by atoms with Crippen molar-refractivity contribution in [3.05, 3.63) is 22.3 Å². The standard InChI is InChI=1S/C46H62O2/c47-41-39(45-19-31-7-32(20-45)9-33(8-31)21-45)37(43-13-25-1-26(14-43)3-27(2-25)15-43)38(44-16-28-4-29(17-44)6-30(5-28)18-44)40(42(41)48)46-22-34-10-35(23-46)12-36(11-34)24-46/h25-36,47-48H,1-24H2. The molecule has 258 valence electrons. The van der Waals surface area contributed by atoms with Crippen molar-refractivity contribution in [2.24, 2.45) is 71.0 Å². The zero-order chi connectivity index (χ0) is 31.4. The zero-order valence-electron chi connectivity index (χ0n) is 29.8. The predicted molar refractivity (Wildman–Crippen MR) is 189 cm³/mol. The van der Waals surface area contributed by atoms with Gasteiger partial charge < -0.3 is 10.2 Å². The summed E-state index contributed by atoms with van der Waals surface area (Å²) in [6, 6.07) is 0. The van der Waals surface area contributed by atoms with Crippen molar-refractivity contribution < 1.29 is 10.2 Å². The van der Waals surface area contributed by atoms with E-state index < -0.39 is 0 Å². The van der Waals surface area contributed by atoms with Crippen LogP contribution in [0.1, 0.15) is 176 Å². The number of phenolic OH excluding ortho intramolecular Hbond substituents is 2. The van der Waals surface area contributed by atoms with E-state index in [1.807, 2.05) is 11.1 Å². The van der Waals surface area contributed by atoms with Crippen LogP contribution in [-0.2, 0) is 21.7 Å². The summed E-state index contributed by atoms with van der Waals surface area (Å²) in [5, 5.41) is 26.4. The zero-order valence-corrected chi connectivity index (χ0v) is 29.8. The second-order valence-electron chi connectivity index (χ2n) is 23.0. The monoisotopic (exact) mass is 646 g/mol. The third kappa shape index (κ3) is 3.59. The van der Waals surface area contributed by atoms with Crippen molar-refractivity contribution in [2.45, 2.75) is 176 Å². The maximum Gasteiger partial charge on any atom is 0.161 e. The lowest BCUT2D eigenvalue weighted by atomic mass is 9.39. The Labute approximate surface area is 290 Å². The molecular weight excluding hydrogens is 585 g/mol. The fraction of sp³-hybridized carbons (Fsp3) is 0.870. The normalized spacial score (nSPS) is 57.3. The van der Waals surface area contributed by atoms with Gasteiger partial charge in [-0.15, -0.1) is 0 Å². The SMILES string of the molecule is Oc1c(O)c(C23CC4CC(CC(C4)C2)C3)c(C23CC4CC(CC(C4)C2)C3)c(C23CC4CC(CC(C4)C2)C3)c1C12CC3CC(CC(C3)C1)C2. The molecular formula is C46H62O2. The van der Waals surface area contributed by atoms with Gasteiger partial charge in [-0.25, -0.2) is 0 Å². The molecule has 2 N–H and O–H groups in total. The van der Waals surface area contributed by atoms with E-state index in [9.17, 15) is 10.2 Å². The molecule has 0 aromatic heterocycles. The third-order valence-electron chi connectivity index (χ3n) is 19.7. The quantitative estimate of drug-likeness (QED) is 0.320. The molecule has 0 amide bonds. The number of hydrogen-bond acceptors (Lipinski definition) is 2. The average molecular weight is 647 g/mol. The Morgan fingerprint density at radius 3 is 0.562 bits per heavy atom. The molecule has 16 aliphatic carbocycles. The molecule has 17 rings (SSSR count). The molecule has 0 heterocycles. The summed E-state index contributed by atoms with van der Waals surface area (Å²) in [5.41, 5.74) is 7.24. The maximum atomic E-state index is 13.2. The Morgan fingerprint density at radius 1 is 0.250 bits per heavy atom. The van der Waals surface area contributed by atoms with Crippen molar-refractivity contribution in [2.75, 3.05) is 0 Å². The van der Waals surface area contributed by atoms with Crippen LogP contribution in [0.5, 0.6) is 11.5 Å². The van der Waals surface area contributed by atoms with Crippen LogP contribution in [0.4, 0.5) is 0 Å². The first kappa shape index (κ1) is 28.4. The minimum absolute atomic E-state index is 0.117. The van der Waals surface area contributed by atoms with E-state index in [0.717, 1.165) is 71.0 Å². The summed E-state index contributed by atoms with van der Waals surface area (Å²) >= 11 is 0. The molecule has 16 bridgehead atoms. The molecule has 0 unspecified atom stereocenters. The summed E-state index contributed by atoms with van der Waals surface area (Å²) in [6.07, 6.45) is 33.9. The Balaban J connectivity index is 1.14. The lowest BCUT2D eigenvalue weighted by Gasteiger charge is -2.65. The first-order chi connectivity index (χ1) is 23.2. The third-order valence-corrected chi connectivity index (χ3v) is 19.7. The van der Waals surface area contributed by atoms with E-state index >= 15 is 0 Å². The van der Waals surface area contributed by atoms with Gasteiger partial charge in [0.2, 0.25) is 0 Å². The molecule has 16 aliphatic rings. The lowest BCUT2D eigenvalue weighted by Crippen LogP contribution is -2.56. The van der Waals surface area contributed by atoms with Gasteiger partial charge in [0.25, 0.3) is 0 Å². The second-order valence-corrected chi connectivity index (χ2v) is 23.0. The van der Waals surface area contributed by atoms with Gasteiger partial charge in [0, 0.05) is 22.0 Å². The summed E-state index contributed by atoms with van der Waals surface area (Å²) < 4.78 is 0. The molecule has 2 nitrogen and oxygen atoms in total. The van der Waals surface area contributed by atoms with E-state index in [-0.39, 0.29) is 21.7 Å². The Hall–Kier alpha value is -1.18. The van der Waals surface area contributed by atoms with Gasteiger partial charge in [-0.2, -0.15) is 0 Å². The molecule has 16 fully saturated rings. The summed E-state index contributed by atoms with van der Waals surface area (Å²) in [5.74, 6) is 11.5. The molecule has 1 aromatic carbocycles. The highest BCUT2D eigenvalue weighted by Crippen LogP contribution is 2.74. The van der Waals surface area contributed by atoms with Gasteiger partial charge in [-0.1, -0.05) is 0 Å². The number of aromatic hydroxyl groups is 2. The van der Waals surface area contributed by atoms with Gasteiger partial charge in [0.1, 0.15) is 0 Å². The van der Waals surface area contributed by atoms with Gasteiger partial charge in [0.15, 0.2) is 11.5 Å². The molecule has 0 radical (unpaired) electrons. The number of rotatable bonds is 4. The van der Waals surface area contributed by atoms with Crippen molar-refractivity contribution >= 4 is 0 Å². The van der Waals surface area contributed by atoms with Crippen LogP contribution >= 0.6 is 0 Å². The molecule has 1 aromatic rings. The largest absolute Gasteiger partial charge is 0.504 e. The van der Waals surface area contributed by atoms with Crippen LogP contribution < -0.4 is 0 Å². The molecule has 16 saturated carbocycles. The second kappa shape index (κ2) is 9.06. The average Bonchev–Trinajstić information content (AvgIpc) is 2.99. The fourth-order valence-corrected chi connectivity index (χ4v) is 20.5. The minimum Gasteiger partial charge on any atom is -0.504 e. The van der Waals surface area contributed by atoms with E-state index in [0.29, 0.717) is 11.5 Å². The molecule has 0 spiro atoms. The molecule has 48 heavy (non-hydrogen) atoms. The smallest absolute Gasteiger partial charge is 0.161 e. The van der Waals surface area contributed by atoms with Crippen molar-refractivity contribution in [3.63, 3.8) is 0 Å². The predicted octanol–water partition coefficient (Wildman–Crippen LogP) is 11.0. The van der Waals surface area contributed by atoms with Crippen LogP contribution in [0.2, 0.25) is 0 Å². The first-order valence-corrected chi connectivity index (χ1v) is 21.9. The molecule has 0 atom stereocenters. The van der Waals surface area contributed by atoms with E-state index in [1.165, 1.54) is 165 Å². The molecule has 0 aliphatic heterocycles.